The Hall–Kier alpha value is -0.630. The van der Waals surface area contributed by atoms with Crippen LogP contribution in [0.1, 0.15) is 6.04 Å². The van der Waals surface area contributed by atoms with Crippen molar-refractivity contribution in [2.45, 2.75) is 6.04 Å². The number of hydrogen-bond acceptors (Lipinski definition) is 4. The quantitative estimate of drug-likeness (QED) is 0.683. The van der Waals surface area contributed by atoms with E-state index in [0.29, 0.717) is 4.73 Å². The Morgan fingerprint density at radius 2 is 2.07 bits per heavy atom. The third kappa shape index (κ3) is 1.42. The number of aromatic nitrogens is 3. The molecule has 1 aliphatic heterocycles. The summed E-state index contributed by atoms with van der Waals surface area (Å²) < 4.78 is 24.8. The van der Waals surface area contributed by atoms with Crippen molar-refractivity contribution in [1.29, 1.82) is 0 Å². The smallest absolute Gasteiger partial charge is 0.273 e. The third-order valence-corrected chi connectivity index (χ3v) is 4.66. The van der Waals surface area contributed by atoms with Crippen molar-refractivity contribution in [2.75, 3.05) is 11.5 Å². The minimum absolute atomic E-state index is 0.0103. The van der Waals surface area contributed by atoms with Gasteiger partial charge in [-0.3, -0.25) is 4.57 Å². The average Bonchev–Trinajstić information content (AvgIpc) is 2.28. The summed E-state index contributed by atoms with van der Waals surface area (Å²) in [7, 11) is -1.35. The number of halogens is 1. The fourth-order valence-electron chi connectivity index (χ4n) is 1.35. The highest BCUT2D eigenvalue weighted by Crippen LogP contribution is 2.21. The molecule has 1 aromatic rings. The second-order valence-corrected chi connectivity index (χ2v) is 6.15. The van der Waals surface area contributed by atoms with Gasteiger partial charge >= 0.3 is 5.69 Å². The van der Waals surface area contributed by atoms with Gasteiger partial charge in [0.05, 0.1) is 17.5 Å². The molecule has 8 heteroatoms. The summed E-state index contributed by atoms with van der Waals surface area (Å²) in [4.78, 5) is 11.5. The molecule has 0 spiro atoms. The molecule has 6 nitrogen and oxygen atoms in total. The summed E-state index contributed by atoms with van der Waals surface area (Å²) in [5.41, 5.74) is -0.295. The fourth-order valence-corrected chi connectivity index (χ4v) is 3.03. The van der Waals surface area contributed by atoms with Crippen LogP contribution in [0.25, 0.3) is 0 Å². The summed E-state index contributed by atoms with van der Waals surface area (Å²) in [6, 6.07) is -0.301. The largest absolute Gasteiger partial charge is 0.346 e. The molecule has 0 amide bonds. The Morgan fingerprint density at radius 1 is 1.50 bits per heavy atom. The lowest BCUT2D eigenvalue weighted by molar-refractivity contribution is 0.458. The van der Waals surface area contributed by atoms with E-state index in [2.05, 4.69) is 21.0 Å². The van der Waals surface area contributed by atoms with E-state index < -0.39 is 9.84 Å². The molecule has 0 radical (unpaired) electrons. The van der Waals surface area contributed by atoms with Gasteiger partial charge in [-0.2, -0.15) is 0 Å². The normalized spacial score (nSPS) is 20.7. The Morgan fingerprint density at radius 3 is 2.43 bits per heavy atom. The summed E-state index contributed by atoms with van der Waals surface area (Å²) in [5.74, 6) is 0.0206. The standard InChI is InChI=1S/C6H8BrN3O3S/c1-9-5(7)8-10(6(9)11)4-2-14(12,13)3-4/h4H,2-3H2,1H3. The first kappa shape index (κ1) is 9.91. The van der Waals surface area contributed by atoms with Gasteiger partial charge in [-0.25, -0.2) is 17.9 Å². The van der Waals surface area contributed by atoms with Crippen LogP contribution in [0.2, 0.25) is 0 Å². The molecule has 0 atom stereocenters. The van der Waals surface area contributed by atoms with Gasteiger partial charge in [-0.15, -0.1) is 5.10 Å². The predicted octanol–water partition coefficient (Wildman–Crippen LogP) is -0.686. The van der Waals surface area contributed by atoms with E-state index in [9.17, 15) is 13.2 Å². The number of rotatable bonds is 1. The van der Waals surface area contributed by atoms with E-state index in [1.54, 1.807) is 7.05 Å². The van der Waals surface area contributed by atoms with Crippen LogP contribution >= 0.6 is 15.9 Å². The van der Waals surface area contributed by atoms with Crippen LogP contribution in [0, 0.1) is 0 Å². The van der Waals surface area contributed by atoms with Gasteiger partial charge in [0.25, 0.3) is 0 Å². The third-order valence-electron chi connectivity index (χ3n) is 2.19. The zero-order valence-electron chi connectivity index (χ0n) is 7.34. The topological polar surface area (TPSA) is 74.0 Å². The van der Waals surface area contributed by atoms with Crippen LogP contribution < -0.4 is 5.69 Å². The Bertz CT molecular complexity index is 517. The minimum atomic E-state index is -2.92. The van der Waals surface area contributed by atoms with Crippen LogP contribution in [0.4, 0.5) is 0 Å². The number of nitrogens with zero attached hydrogens (tertiary/aromatic N) is 3. The highest BCUT2D eigenvalue weighted by Gasteiger charge is 2.37. The average molecular weight is 282 g/mol. The number of sulfone groups is 1. The summed E-state index contributed by atoms with van der Waals surface area (Å²) >= 11 is 3.10. The maximum absolute atomic E-state index is 11.5. The van der Waals surface area contributed by atoms with E-state index in [-0.39, 0.29) is 23.2 Å². The lowest BCUT2D eigenvalue weighted by atomic mass is 10.4. The summed E-state index contributed by atoms with van der Waals surface area (Å²) in [6.07, 6.45) is 0. The van der Waals surface area contributed by atoms with Gasteiger partial charge < -0.3 is 0 Å². The monoisotopic (exact) mass is 281 g/mol. The van der Waals surface area contributed by atoms with Gasteiger partial charge in [0, 0.05) is 7.05 Å². The highest BCUT2D eigenvalue weighted by molar-refractivity contribution is 9.10. The number of hydrogen-bond donors (Lipinski definition) is 0. The van der Waals surface area contributed by atoms with Gasteiger partial charge in [-0.1, -0.05) is 0 Å². The molecule has 1 fully saturated rings. The first-order valence-corrected chi connectivity index (χ1v) is 6.53. The molecule has 0 N–H and O–H groups in total. The fraction of sp³-hybridized carbons (Fsp3) is 0.667. The Labute approximate surface area is 88.6 Å². The lowest BCUT2D eigenvalue weighted by Crippen LogP contribution is -2.43. The van der Waals surface area contributed by atoms with Crippen LogP contribution in [-0.2, 0) is 16.9 Å². The van der Waals surface area contributed by atoms with Crippen molar-refractivity contribution in [3.63, 3.8) is 0 Å². The van der Waals surface area contributed by atoms with Crippen molar-refractivity contribution in [3.8, 4) is 0 Å². The van der Waals surface area contributed by atoms with Crippen molar-refractivity contribution >= 4 is 25.8 Å². The zero-order chi connectivity index (χ0) is 10.5. The van der Waals surface area contributed by atoms with Crippen molar-refractivity contribution in [3.05, 3.63) is 15.2 Å². The van der Waals surface area contributed by atoms with Crippen molar-refractivity contribution in [2.24, 2.45) is 7.05 Å². The van der Waals surface area contributed by atoms with E-state index in [1.165, 1.54) is 9.25 Å². The molecule has 0 aliphatic carbocycles. The molecule has 78 valence electrons. The maximum Gasteiger partial charge on any atom is 0.346 e. The molecule has 0 saturated carbocycles. The van der Waals surface area contributed by atoms with E-state index in [1.807, 2.05) is 0 Å². The molecule has 14 heavy (non-hydrogen) atoms. The molecule has 0 bridgehead atoms. The second-order valence-electron chi connectivity index (χ2n) is 3.29. The van der Waals surface area contributed by atoms with Gasteiger partial charge in [0.15, 0.2) is 9.84 Å². The molecule has 0 unspecified atom stereocenters. The summed E-state index contributed by atoms with van der Waals surface area (Å²) in [6.45, 7) is 0. The van der Waals surface area contributed by atoms with Crippen molar-refractivity contribution in [1.82, 2.24) is 14.3 Å². The van der Waals surface area contributed by atoms with Crippen LogP contribution in [-0.4, -0.2) is 34.3 Å². The molecule has 2 rings (SSSR count). The molecular weight excluding hydrogens is 274 g/mol. The molecule has 0 aromatic carbocycles. The van der Waals surface area contributed by atoms with Gasteiger partial charge in [-0.05, 0) is 15.9 Å². The molecule has 1 aliphatic rings. The minimum Gasteiger partial charge on any atom is -0.273 e. The summed E-state index contributed by atoms with van der Waals surface area (Å²) in [5, 5.41) is 3.92. The van der Waals surface area contributed by atoms with Crippen LogP contribution in [0.5, 0.6) is 0 Å². The van der Waals surface area contributed by atoms with Gasteiger partial charge in [0.1, 0.15) is 0 Å². The SMILES string of the molecule is Cn1c(Br)nn(C2CS(=O)(=O)C2)c1=O. The van der Waals surface area contributed by atoms with E-state index in [0.717, 1.165) is 0 Å². The van der Waals surface area contributed by atoms with Crippen molar-refractivity contribution < 1.29 is 8.42 Å². The van der Waals surface area contributed by atoms with E-state index >= 15 is 0 Å². The highest BCUT2D eigenvalue weighted by atomic mass is 79.9. The van der Waals surface area contributed by atoms with Gasteiger partial charge in [0.2, 0.25) is 4.73 Å². The Balaban J connectivity index is 2.36. The second kappa shape index (κ2) is 2.93. The lowest BCUT2D eigenvalue weighted by Gasteiger charge is -2.24. The first-order chi connectivity index (χ1) is 6.41. The molecule has 1 saturated heterocycles. The predicted molar refractivity (Wildman–Crippen MR) is 52.9 cm³/mol. The first-order valence-electron chi connectivity index (χ1n) is 3.92. The maximum atomic E-state index is 11.5. The molecular formula is C6H8BrN3O3S. The van der Waals surface area contributed by atoms with Crippen LogP contribution in [0.15, 0.2) is 9.53 Å². The van der Waals surface area contributed by atoms with E-state index in [4.69, 9.17) is 0 Å². The zero-order valence-corrected chi connectivity index (χ0v) is 9.75. The molecule has 1 aromatic heterocycles. The molecule has 2 heterocycles. The Kier molecular flexibility index (Phi) is 2.07. The van der Waals surface area contributed by atoms with Crippen LogP contribution in [0.3, 0.4) is 0 Å².